The van der Waals surface area contributed by atoms with Crippen molar-refractivity contribution in [2.45, 2.75) is 32.2 Å². The van der Waals surface area contributed by atoms with Gasteiger partial charge in [0.15, 0.2) is 11.5 Å². The number of hydrogen-bond donors (Lipinski definition) is 3. The maximum Gasteiger partial charge on any atom is 0.231 e. The Morgan fingerprint density at radius 1 is 1.10 bits per heavy atom. The Bertz CT molecular complexity index is 491. The Labute approximate surface area is 124 Å². The van der Waals surface area contributed by atoms with Gasteiger partial charge in [0.2, 0.25) is 6.79 Å². The quantitative estimate of drug-likeness (QED) is 0.774. The van der Waals surface area contributed by atoms with E-state index in [2.05, 4.69) is 5.32 Å². The van der Waals surface area contributed by atoms with Crippen LogP contribution in [0.15, 0.2) is 12.1 Å². The maximum atomic E-state index is 9.99. The van der Waals surface area contributed by atoms with Gasteiger partial charge >= 0.3 is 0 Å². The van der Waals surface area contributed by atoms with Crippen molar-refractivity contribution in [3.63, 3.8) is 0 Å². The van der Waals surface area contributed by atoms with E-state index in [9.17, 15) is 10.2 Å². The van der Waals surface area contributed by atoms with Gasteiger partial charge in [0.1, 0.15) is 5.75 Å². The van der Waals surface area contributed by atoms with Gasteiger partial charge in [-0.3, -0.25) is 0 Å². The highest BCUT2D eigenvalue weighted by Gasteiger charge is 2.24. The summed E-state index contributed by atoms with van der Waals surface area (Å²) in [4.78, 5) is 0. The van der Waals surface area contributed by atoms with Crippen molar-refractivity contribution < 1.29 is 19.7 Å². The summed E-state index contributed by atoms with van der Waals surface area (Å²) < 4.78 is 10.6. The van der Waals surface area contributed by atoms with Crippen molar-refractivity contribution in [1.82, 2.24) is 5.32 Å². The Morgan fingerprint density at radius 3 is 2.57 bits per heavy atom. The van der Waals surface area contributed by atoms with Gasteiger partial charge in [0, 0.05) is 24.8 Å². The normalized spacial score (nSPS) is 24.2. The van der Waals surface area contributed by atoms with Crippen LogP contribution in [0, 0.1) is 11.8 Å². The Kier molecular flexibility index (Phi) is 4.51. The monoisotopic (exact) mass is 293 g/mol. The molecule has 1 aliphatic carbocycles. The number of benzene rings is 1. The molecule has 2 atom stereocenters. The topological polar surface area (TPSA) is 71.0 Å². The van der Waals surface area contributed by atoms with E-state index in [-0.39, 0.29) is 19.1 Å². The summed E-state index contributed by atoms with van der Waals surface area (Å²) >= 11 is 0. The van der Waals surface area contributed by atoms with Crippen LogP contribution in [0.2, 0.25) is 0 Å². The van der Waals surface area contributed by atoms with E-state index in [1.54, 1.807) is 6.07 Å². The number of phenols is 1. The molecule has 1 heterocycles. The fourth-order valence-electron chi connectivity index (χ4n) is 3.30. The standard InChI is InChI=1S/C16H23NO4/c18-9-12-4-2-1-3-11(12)7-17-8-13-5-15-16(6-14(13)19)21-10-20-15/h5-6,11-12,17-19H,1-4,7-10H2. The molecular formula is C16H23NO4. The van der Waals surface area contributed by atoms with Crippen LogP contribution >= 0.6 is 0 Å². The number of ether oxygens (including phenoxy) is 2. The molecule has 116 valence electrons. The minimum Gasteiger partial charge on any atom is -0.507 e. The van der Waals surface area contributed by atoms with E-state index in [1.165, 1.54) is 19.3 Å². The average Bonchev–Trinajstić information content (AvgIpc) is 2.95. The van der Waals surface area contributed by atoms with Gasteiger partial charge < -0.3 is 25.0 Å². The van der Waals surface area contributed by atoms with E-state index in [4.69, 9.17) is 9.47 Å². The van der Waals surface area contributed by atoms with Crippen molar-refractivity contribution in [3.05, 3.63) is 17.7 Å². The number of fused-ring (bicyclic) bond motifs is 1. The second-order valence-electron chi connectivity index (χ2n) is 5.95. The van der Waals surface area contributed by atoms with Gasteiger partial charge in [-0.05, 0) is 37.3 Å². The van der Waals surface area contributed by atoms with Gasteiger partial charge in [-0.15, -0.1) is 0 Å². The van der Waals surface area contributed by atoms with E-state index in [1.807, 2.05) is 6.07 Å². The first kappa shape index (κ1) is 14.5. The molecule has 0 aromatic heterocycles. The third-order valence-electron chi connectivity index (χ3n) is 4.60. The molecule has 1 saturated carbocycles. The van der Waals surface area contributed by atoms with Crippen molar-refractivity contribution in [1.29, 1.82) is 0 Å². The molecule has 21 heavy (non-hydrogen) atoms. The van der Waals surface area contributed by atoms with Crippen LogP contribution in [0.25, 0.3) is 0 Å². The smallest absolute Gasteiger partial charge is 0.231 e. The van der Waals surface area contributed by atoms with E-state index < -0.39 is 0 Å². The zero-order valence-corrected chi connectivity index (χ0v) is 12.2. The van der Waals surface area contributed by atoms with Gasteiger partial charge in [-0.25, -0.2) is 0 Å². The molecule has 1 aromatic rings. The molecule has 5 heteroatoms. The van der Waals surface area contributed by atoms with Gasteiger partial charge in [-0.2, -0.15) is 0 Å². The predicted molar refractivity (Wildman–Crippen MR) is 78.5 cm³/mol. The lowest BCUT2D eigenvalue weighted by atomic mass is 9.79. The van der Waals surface area contributed by atoms with Crippen LogP contribution in [-0.2, 0) is 6.54 Å². The van der Waals surface area contributed by atoms with Gasteiger partial charge in [0.05, 0.1) is 0 Å². The number of hydrogen-bond acceptors (Lipinski definition) is 5. The summed E-state index contributed by atoms with van der Waals surface area (Å²) in [6.45, 7) is 1.96. The molecule has 0 spiro atoms. The number of aliphatic hydroxyl groups excluding tert-OH is 1. The summed E-state index contributed by atoms with van der Waals surface area (Å²) in [5, 5.41) is 22.8. The fraction of sp³-hybridized carbons (Fsp3) is 0.625. The van der Waals surface area contributed by atoms with Crippen LogP contribution in [0.5, 0.6) is 17.2 Å². The number of nitrogens with one attached hydrogen (secondary N) is 1. The zero-order chi connectivity index (χ0) is 14.7. The molecule has 0 amide bonds. The van der Waals surface area contributed by atoms with Crippen LogP contribution < -0.4 is 14.8 Å². The van der Waals surface area contributed by atoms with Gasteiger partial charge in [0.25, 0.3) is 0 Å². The summed E-state index contributed by atoms with van der Waals surface area (Å²) in [5.74, 6) is 2.46. The first-order chi connectivity index (χ1) is 10.3. The second-order valence-corrected chi connectivity index (χ2v) is 5.95. The van der Waals surface area contributed by atoms with Crippen LogP contribution in [-0.4, -0.2) is 30.2 Å². The SMILES string of the molecule is OCC1CCCCC1CNCc1cc2c(cc1O)OCO2. The van der Waals surface area contributed by atoms with Crippen LogP contribution in [0.4, 0.5) is 0 Å². The Balaban J connectivity index is 1.55. The van der Waals surface area contributed by atoms with E-state index in [0.29, 0.717) is 29.9 Å². The highest BCUT2D eigenvalue weighted by Crippen LogP contribution is 2.37. The lowest BCUT2D eigenvalue weighted by Crippen LogP contribution is -2.32. The second kappa shape index (κ2) is 6.54. The minimum atomic E-state index is 0.214. The summed E-state index contributed by atoms with van der Waals surface area (Å²) in [7, 11) is 0. The van der Waals surface area contributed by atoms with E-state index in [0.717, 1.165) is 18.5 Å². The highest BCUT2D eigenvalue weighted by atomic mass is 16.7. The average molecular weight is 293 g/mol. The predicted octanol–water partition coefficient (Wildman–Crippen LogP) is 2.01. The molecule has 1 aliphatic heterocycles. The highest BCUT2D eigenvalue weighted by molar-refractivity contribution is 5.51. The molecule has 3 rings (SSSR count). The zero-order valence-electron chi connectivity index (χ0n) is 12.2. The Morgan fingerprint density at radius 2 is 1.81 bits per heavy atom. The van der Waals surface area contributed by atoms with E-state index >= 15 is 0 Å². The molecule has 5 nitrogen and oxygen atoms in total. The Hall–Kier alpha value is -1.46. The molecule has 0 bridgehead atoms. The molecule has 2 aliphatic rings. The molecule has 1 aromatic carbocycles. The molecule has 2 unspecified atom stereocenters. The van der Waals surface area contributed by atoms with Gasteiger partial charge in [-0.1, -0.05) is 12.8 Å². The molecule has 0 radical (unpaired) electrons. The number of rotatable bonds is 5. The van der Waals surface area contributed by atoms with Crippen molar-refractivity contribution in [2.75, 3.05) is 19.9 Å². The molecular weight excluding hydrogens is 270 g/mol. The third-order valence-corrected chi connectivity index (χ3v) is 4.60. The van der Waals surface area contributed by atoms with Crippen molar-refractivity contribution >= 4 is 0 Å². The third kappa shape index (κ3) is 3.24. The fourth-order valence-corrected chi connectivity index (χ4v) is 3.30. The number of phenolic OH excluding ortho intramolecular Hbond substituents is 1. The largest absolute Gasteiger partial charge is 0.507 e. The van der Waals surface area contributed by atoms with Crippen molar-refractivity contribution in [2.24, 2.45) is 11.8 Å². The first-order valence-electron chi connectivity index (χ1n) is 7.71. The lowest BCUT2D eigenvalue weighted by molar-refractivity contribution is 0.133. The summed E-state index contributed by atoms with van der Waals surface area (Å²) in [6, 6.07) is 3.44. The van der Waals surface area contributed by atoms with Crippen LogP contribution in [0.1, 0.15) is 31.2 Å². The first-order valence-corrected chi connectivity index (χ1v) is 7.71. The summed E-state index contributed by atoms with van der Waals surface area (Å²) in [6.07, 6.45) is 4.77. The number of aromatic hydroxyl groups is 1. The molecule has 1 fully saturated rings. The van der Waals surface area contributed by atoms with Crippen molar-refractivity contribution in [3.8, 4) is 17.2 Å². The number of aliphatic hydroxyl groups is 1. The summed E-state index contributed by atoms with van der Waals surface area (Å²) in [5.41, 5.74) is 0.815. The minimum absolute atomic E-state index is 0.214. The van der Waals surface area contributed by atoms with Crippen LogP contribution in [0.3, 0.4) is 0 Å². The lowest BCUT2D eigenvalue weighted by Gasteiger charge is -2.30. The molecule has 3 N–H and O–H groups in total. The maximum absolute atomic E-state index is 9.99. The molecule has 0 saturated heterocycles.